The van der Waals surface area contributed by atoms with Crippen molar-refractivity contribution in [2.75, 3.05) is 12.5 Å². The molecule has 3 aromatic heterocycles. The van der Waals surface area contributed by atoms with E-state index in [1.807, 2.05) is 76.1 Å². The van der Waals surface area contributed by atoms with Crippen LogP contribution in [0.15, 0.2) is 113 Å². The topological polar surface area (TPSA) is 44.9 Å². The number of halogens is 1. The van der Waals surface area contributed by atoms with E-state index in [-0.39, 0.29) is 5.82 Å². The monoisotopic (exact) mass is 616 g/mol. The van der Waals surface area contributed by atoms with Gasteiger partial charge in [-0.3, -0.25) is 4.57 Å². The molecule has 0 N–H and O–H groups in total. The molecule has 7 aromatic rings. The highest BCUT2D eigenvalue weighted by molar-refractivity contribution is 7.99. The predicted molar refractivity (Wildman–Crippen MR) is 181 cm³/mol. The van der Waals surface area contributed by atoms with Crippen LogP contribution < -0.4 is 4.74 Å². The normalized spacial score (nSPS) is 11.5. The average molecular weight is 617 g/mol. The van der Waals surface area contributed by atoms with E-state index in [0.29, 0.717) is 17.3 Å². The molecule has 0 unspecified atom stereocenters. The number of aryl methyl sites for hydroxylation is 2. The summed E-state index contributed by atoms with van der Waals surface area (Å²) in [6, 6.07) is 27.0. The second-order valence-electron chi connectivity index (χ2n) is 10.6. The number of hydrogen-bond acceptors (Lipinski definition) is 5. The van der Waals surface area contributed by atoms with E-state index in [1.54, 1.807) is 23.5 Å². The van der Waals surface area contributed by atoms with Gasteiger partial charge in [-0.15, -0.1) is 23.5 Å². The molecule has 0 spiro atoms. The molecule has 0 atom stereocenters. The van der Waals surface area contributed by atoms with Gasteiger partial charge in [-0.1, -0.05) is 30.3 Å². The molecule has 0 aliphatic rings. The Morgan fingerprint density at radius 3 is 2.27 bits per heavy atom. The minimum atomic E-state index is -0.334. The van der Waals surface area contributed by atoms with Crippen LogP contribution in [0, 0.1) is 19.7 Å². The molecule has 5 nitrogen and oxygen atoms in total. The second-order valence-corrected chi connectivity index (χ2v) is 12.2. The van der Waals surface area contributed by atoms with Gasteiger partial charge < -0.3 is 4.74 Å². The molecular weight excluding hydrogens is 588 g/mol. The molecule has 0 aliphatic heterocycles. The highest BCUT2D eigenvalue weighted by Gasteiger charge is 2.18. The maximum atomic E-state index is 14.2. The maximum Gasteiger partial charge on any atom is 0.140 e. The fraction of sp³-hybridized carbons (Fsp3) is 0.111. The molecule has 0 bridgehead atoms. The molecule has 0 radical (unpaired) electrons. The molecule has 44 heavy (non-hydrogen) atoms. The third-order valence-corrected chi connectivity index (χ3v) is 9.65. The maximum absolute atomic E-state index is 14.2. The van der Waals surface area contributed by atoms with E-state index in [2.05, 4.69) is 49.7 Å². The third-order valence-electron chi connectivity index (χ3n) is 7.78. The Morgan fingerprint density at radius 2 is 1.50 bits per heavy atom. The molecule has 3 heterocycles. The van der Waals surface area contributed by atoms with Crippen LogP contribution in [-0.4, -0.2) is 31.8 Å². The van der Waals surface area contributed by atoms with Crippen molar-refractivity contribution in [3.8, 4) is 34.1 Å². The van der Waals surface area contributed by atoms with Gasteiger partial charge in [0, 0.05) is 62.3 Å². The van der Waals surface area contributed by atoms with Crippen LogP contribution in [0.25, 0.3) is 44.4 Å². The highest BCUT2D eigenvalue weighted by atomic mass is 32.2. The van der Waals surface area contributed by atoms with Gasteiger partial charge in [-0.2, -0.15) is 5.10 Å². The van der Waals surface area contributed by atoms with Crippen LogP contribution in [0.4, 0.5) is 4.39 Å². The number of ether oxygens (including phenoxy) is 1. The van der Waals surface area contributed by atoms with Crippen LogP contribution in [0.3, 0.4) is 0 Å². The third kappa shape index (κ3) is 4.94. The molecule has 7 rings (SSSR count). The van der Waals surface area contributed by atoms with E-state index in [9.17, 15) is 4.39 Å². The van der Waals surface area contributed by atoms with Crippen molar-refractivity contribution in [2.24, 2.45) is 0 Å². The van der Waals surface area contributed by atoms with E-state index >= 15 is 0 Å². The van der Waals surface area contributed by atoms with Gasteiger partial charge >= 0.3 is 0 Å². The van der Waals surface area contributed by atoms with Gasteiger partial charge in [0.1, 0.15) is 23.1 Å². The van der Waals surface area contributed by atoms with Gasteiger partial charge in [0.25, 0.3) is 0 Å². The molecule has 0 fully saturated rings. The number of thioether (sulfide) groups is 2. The van der Waals surface area contributed by atoms with Crippen LogP contribution in [-0.2, 0) is 0 Å². The van der Waals surface area contributed by atoms with Crippen molar-refractivity contribution < 1.29 is 9.13 Å². The van der Waals surface area contributed by atoms with Crippen LogP contribution in [0.5, 0.6) is 11.5 Å². The lowest BCUT2D eigenvalue weighted by Gasteiger charge is -2.16. The van der Waals surface area contributed by atoms with Gasteiger partial charge in [0.2, 0.25) is 0 Å². The quantitative estimate of drug-likeness (QED) is 0.167. The van der Waals surface area contributed by atoms with Crippen LogP contribution in [0.1, 0.15) is 11.1 Å². The van der Waals surface area contributed by atoms with E-state index in [1.165, 1.54) is 44.8 Å². The number of benzene rings is 4. The summed E-state index contributed by atoms with van der Waals surface area (Å²) < 4.78 is 24.5. The Balaban J connectivity index is 1.25. The van der Waals surface area contributed by atoms with Crippen molar-refractivity contribution in [1.82, 2.24) is 19.3 Å². The number of hydrogen-bond donors (Lipinski definition) is 0. The first-order valence-corrected chi connectivity index (χ1v) is 16.6. The lowest BCUT2D eigenvalue weighted by Crippen LogP contribution is -1.98. The van der Waals surface area contributed by atoms with Crippen molar-refractivity contribution in [1.29, 1.82) is 0 Å². The molecule has 0 aliphatic carbocycles. The summed E-state index contributed by atoms with van der Waals surface area (Å²) in [5, 5.41) is 6.84. The number of aromatic nitrogens is 4. The molecule has 0 amide bonds. The molecule has 0 saturated carbocycles. The van der Waals surface area contributed by atoms with E-state index in [0.717, 1.165) is 33.1 Å². The number of rotatable bonds is 7. The summed E-state index contributed by atoms with van der Waals surface area (Å²) in [4.78, 5) is 7.02. The van der Waals surface area contributed by atoms with E-state index < -0.39 is 0 Å². The van der Waals surface area contributed by atoms with Crippen molar-refractivity contribution in [3.63, 3.8) is 0 Å². The van der Waals surface area contributed by atoms with Gasteiger partial charge in [-0.25, -0.2) is 14.1 Å². The Kier molecular flexibility index (Phi) is 7.40. The second kappa shape index (κ2) is 11.5. The Hall–Kier alpha value is -4.53. The minimum Gasteiger partial charge on any atom is -0.457 e. The average Bonchev–Trinajstić information content (AvgIpc) is 3.64. The largest absolute Gasteiger partial charge is 0.457 e. The Labute approximate surface area is 263 Å². The molecule has 4 aromatic carbocycles. The Bertz CT molecular complexity index is 2160. The van der Waals surface area contributed by atoms with Crippen LogP contribution >= 0.6 is 23.5 Å². The number of fused-ring (bicyclic) bond motifs is 3. The van der Waals surface area contributed by atoms with Gasteiger partial charge in [0.15, 0.2) is 0 Å². The summed E-state index contributed by atoms with van der Waals surface area (Å²) in [5.41, 5.74) is 7.60. The zero-order valence-electron chi connectivity index (χ0n) is 24.7. The van der Waals surface area contributed by atoms with Gasteiger partial charge in [0.05, 0.1) is 22.9 Å². The fourth-order valence-corrected chi connectivity index (χ4v) is 7.61. The number of pyridine rings is 1. The molecular formula is C36H29FN4OS2. The lowest BCUT2D eigenvalue weighted by molar-refractivity contribution is 0.483. The summed E-state index contributed by atoms with van der Waals surface area (Å²) in [6.45, 7) is 4.34. The summed E-state index contributed by atoms with van der Waals surface area (Å²) in [5.74, 6) is 1.54. The smallest absolute Gasteiger partial charge is 0.140 e. The molecule has 218 valence electrons. The predicted octanol–water partition coefficient (Wildman–Crippen LogP) is 10.0. The first kappa shape index (κ1) is 28.3. The van der Waals surface area contributed by atoms with Crippen molar-refractivity contribution in [2.45, 2.75) is 23.6 Å². The number of para-hydroxylation sites is 1. The summed E-state index contributed by atoms with van der Waals surface area (Å²) in [7, 11) is 0. The SMILES string of the molecule is CSc1c(C)cc(C)c(SC)c1-c1cnn(-c2cccc(Oc3ccc4c5ccccc5n(-c5cc(F)ccn5)c4c3)c2)c1. The van der Waals surface area contributed by atoms with Crippen LogP contribution in [0.2, 0.25) is 0 Å². The summed E-state index contributed by atoms with van der Waals surface area (Å²) >= 11 is 3.54. The summed E-state index contributed by atoms with van der Waals surface area (Å²) in [6.07, 6.45) is 9.77. The zero-order valence-corrected chi connectivity index (χ0v) is 26.3. The highest BCUT2D eigenvalue weighted by Crippen LogP contribution is 2.42. The van der Waals surface area contributed by atoms with Gasteiger partial charge in [-0.05, 0) is 73.9 Å². The molecule has 0 saturated heterocycles. The fourth-order valence-electron chi connectivity index (χ4n) is 5.94. The standard InChI is InChI=1S/C36H29FN4OS2/c1-22-16-23(2)36(44-4)34(35(22)43-3)24-20-39-40(21-24)26-8-7-9-27(18-26)42-28-12-13-30-29-10-5-6-11-31(29)41(32(30)19-28)33-17-25(37)14-15-38-33/h5-21H,1-4H3. The lowest BCUT2D eigenvalue weighted by atomic mass is 10.0. The zero-order chi connectivity index (χ0) is 30.4. The van der Waals surface area contributed by atoms with Crippen molar-refractivity contribution in [3.05, 3.63) is 120 Å². The first-order chi connectivity index (χ1) is 21.4. The minimum absolute atomic E-state index is 0.334. The first-order valence-electron chi connectivity index (χ1n) is 14.2. The number of nitrogens with zero attached hydrogens (tertiary/aromatic N) is 4. The molecule has 8 heteroatoms. The van der Waals surface area contributed by atoms with Crippen molar-refractivity contribution >= 4 is 45.3 Å². The Morgan fingerprint density at radius 1 is 0.750 bits per heavy atom. The van der Waals surface area contributed by atoms with E-state index in [4.69, 9.17) is 9.84 Å².